The Balaban J connectivity index is 2.45. The van der Waals surface area contributed by atoms with Gasteiger partial charge < -0.3 is 15.2 Å². The summed E-state index contributed by atoms with van der Waals surface area (Å²) < 4.78 is 11.1. The Morgan fingerprint density at radius 3 is 2.72 bits per heavy atom. The zero-order chi connectivity index (χ0) is 13.4. The van der Waals surface area contributed by atoms with Crippen LogP contribution in [0.15, 0.2) is 18.2 Å². The fraction of sp³-hybridized carbons (Fsp3) is 0.500. The molecule has 0 aliphatic rings. The van der Waals surface area contributed by atoms with Crippen LogP contribution in [0.5, 0.6) is 5.75 Å². The zero-order valence-corrected chi connectivity index (χ0v) is 11.9. The number of hydrogen-bond acceptors (Lipinski definition) is 3. The number of thiocarbonyl (C=S) groups is 1. The average molecular weight is 267 g/mol. The highest BCUT2D eigenvalue weighted by molar-refractivity contribution is 7.80. The lowest BCUT2D eigenvalue weighted by Gasteiger charge is -2.11. The van der Waals surface area contributed by atoms with Crippen molar-refractivity contribution in [2.75, 3.05) is 19.8 Å². The number of ether oxygens (including phenoxy) is 2. The number of unbranched alkanes of at least 4 members (excludes halogenated alkanes) is 1. The van der Waals surface area contributed by atoms with E-state index >= 15 is 0 Å². The van der Waals surface area contributed by atoms with Crippen LogP contribution in [0.1, 0.15) is 30.9 Å². The minimum Gasteiger partial charge on any atom is -0.490 e. The molecule has 0 unspecified atom stereocenters. The second kappa shape index (κ2) is 8.06. The standard InChI is InChI=1S/C14H21NO2S/c1-3-4-7-16-8-9-17-13-10-11(2)5-6-12(13)14(15)18/h5-6,10H,3-4,7-9H2,1-2H3,(H2,15,18). The Labute approximate surface area is 114 Å². The first-order valence-corrected chi connectivity index (χ1v) is 6.67. The van der Waals surface area contributed by atoms with Crippen LogP contribution in [0.3, 0.4) is 0 Å². The Bertz CT molecular complexity index is 393. The van der Waals surface area contributed by atoms with Crippen molar-refractivity contribution in [1.82, 2.24) is 0 Å². The highest BCUT2D eigenvalue weighted by Gasteiger charge is 2.06. The lowest BCUT2D eigenvalue weighted by atomic mass is 10.1. The van der Waals surface area contributed by atoms with Crippen LogP contribution in [0, 0.1) is 6.92 Å². The van der Waals surface area contributed by atoms with Crippen LogP contribution >= 0.6 is 12.2 Å². The first-order chi connectivity index (χ1) is 8.65. The fourth-order valence-corrected chi connectivity index (χ4v) is 1.68. The van der Waals surface area contributed by atoms with Gasteiger partial charge in [0.25, 0.3) is 0 Å². The predicted molar refractivity (Wildman–Crippen MR) is 78.3 cm³/mol. The molecule has 0 saturated carbocycles. The molecule has 0 aliphatic carbocycles. The third-order valence-corrected chi connectivity index (χ3v) is 2.75. The van der Waals surface area contributed by atoms with Crippen molar-refractivity contribution >= 4 is 17.2 Å². The minimum atomic E-state index is 0.358. The molecule has 18 heavy (non-hydrogen) atoms. The third-order valence-electron chi connectivity index (χ3n) is 2.53. The molecule has 1 aromatic rings. The number of aryl methyl sites for hydroxylation is 1. The van der Waals surface area contributed by atoms with E-state index in [1.54, 1.807) is 0 Å². The van der Waals surface area contributed by atoms with Crippen molar-refractivity contribution in [2.24, 2.45) is 5.73 Å². The van der Waals surface area contributed by atoms with Crippen LogP contribution in [0.25, 0.3) is 0 Å². The second-order valence-electron chi connectivity index (χ2n) is 4.18. The summed E-state index contributed by atoms with van der Waals surface area (Å²) in [5.41, 5.74) is 7.56. The van der Waals surface area contributed by atoms with Crippen molar-refractivity contribution < 1.29 is 9.47 Å². The fourth-order valence-electron chi connectivity index (χ4n) is 1.51. The smallest absolute Gasteiger partial charge is 0.129 e. The summed E-state index contributed by atoms with van der Waals surface area (Å²) in [4.78, 5) is 0.358. The van der Waals surface area contributed by atoms with E-state index in [0.717, 1.165) is 36.3 Å². The van der Waals surface area contributed by atoms with E-state index in [0.29, 0.717) is 18.2 Å². The monoisotopic (exact) mass is 267 g/mol. The quantitative estimate of drug-likeness (QED) is 0.581. The van der Waals surface area contributed by atoms with Gasteiger partial charge in [0.1, 0.15) is 17.3 Å². The van der Waals surface area contributed by atoms with Gasteiger partial charge in [-0.1, -0.05) is 31.6 Å². The molecule has 0 spiro atoms. The van der Waals surface area contributed by atoms with E-state index in [-0.39, 0.29) is 0 Å². The maximum absolute atomic E-state index is 5.67. The first kappa shape index (κ1) is 14.9. The van der Waals surface area contributed by atoms with Gasteiger partial charge in [0, 0.05) is 6.61 Å². The summed E-state index contributed by atoms with van der Waals surface area (Å²) in [5, 5.41) is 0. The molecule has 0 amide bonds. The van der Waals surface area contributed by atoms with Gasteiger partial charge in [0.05, 0.1) is 12.2 Å². The van der Waals surface area contributed by atoms with E-state index in [1.807, 2.05) is 25.1 Å². The SMILES string of the molecule is CCCCOCCOc1cc(C)ccc1C(N)=S. The van der Waals surface area contributed by atoms with Crippen LogP contribution < -0.4 is 10.5 Å². The van der Waals surface area contributed by atoms with Gasteiger partial charge in [-0.3, -0.25) is 0 Å². The molecule has 0 aromatic heterocycles. The summed E-state index contributed by atoms with van der Waals surface area (Å²) in [6.07, 6.45) is 2.23. The number of benzene rings is 1. The molecular weight excluding hydrogens is 246 g/mol. The Morgan fingerprint density at radius 2 is 2.06 bits per heavy atom. The largest absolute Gasteiger partial charge is 0.490 e. The molecule has 0 bridgehead atoms. The summed E-state index contributed by atoms with van der Waals surface area (Å²) in [5.74, 6) is 0.738. The summed E-state index contributed by atoms with van der Waals surface area (Å²) in [7, 11) is 0. The van der Waals surface area contributed by atoms with Gasteiger partial charge >= 0.3 is 0 Å². The van der Waals surface area contributed by atoms with Crippen molar-refractivity contribution in [1.29, 1.82) is 0 Å². The summed E-state index contributed by atoms with van der Waals surface area (Å²) >= 11 is 5.00. The molecule has 0 radical (unpaired) electrons. The summed E-state index contributed by atoms with van der Waals surface area (Å²) in [6.45, 7) is 6.04. The van der Waals surface area contributed by atoms with Gasteiger partial charge in [-0.25, -0.2) is 0 Å². The molecule has 3 nitrogen and oxygen atoms in total. The normalized spacial score (nSPS) is 10.3. The topological polar surface area (TPSA) is 44.5 Å². The Kier molecular flexibility index (Phi) is 6.68. The van der Waals surface area contributed by atoms with E-state index < -0.39 is 0 Å². The first-order valence-electron chi connectivity index (χ1n) is 6.26. The van der Waals surface area contributed by atoms with Crippen LogP contribution in [-0.4, -0.2) is 24.8 Å². The van der Waals surface area contributed by atoms with E-state index in [4.69, 9.17) is 27.4 Å². The van der Waals surface area contributed by atoms with Crippen molar-refractivity contribution in [2.45, 2.75) is 26.7 Å². The molecule has 0 heterocycles. The number of rotatable bonds is 8. The molecule has 2 N–H and O–H groups in total. The van der Waals surface area contributed by atoms with Crippen molar-refractivity contribution in [3.05, 3.63) is 29.3 Å². The molecule has 0 saturated heterocycles. The third kappa shape index (κ3) is 5.02. The van der Waals surface area contributed by atoms with Crippen LogP contribution in [-0.2, 0) is 4.74 Å². The second-order valence-corrected chi connectivity index (χ2v) is 4.62. The lowest BCUT2D eigenvalue weighted by Crippen LogP contribution is -2.14. The van der Waals surface area contributed by atoms with E-state index in [1.165, 1.54) is 0 Å². The molecule has 1 rings (SSSR count). The Morgan fingerprint density at radius 1 is 1.28 bits per heavy atom. The highest BCUT2D eigenvalue weighted by Crippen LogP contribution is 2.20. The van der Waals surface area contributed by atoms with Crippen molar-refractivity contribution in [3.8, 4) is 5.75 Å². The number of hydrogen-bond donors (Lipinski definition) is 1. The maximum Gasteiger partial charge on any atom is 0.129 e. The van der Waals surface area contributed by atoms with E-state index in [9.17, 15) is 0 Å². The van der Waals surface area contributed by atoms with Gasteiger partial charge in [-0.05, 0) is 31.0 Å². The average Bonchev–Trinajstić information content (AvgIpc) is 2.33. The molecule has 1 aromatic carbocycles. The molecule has 4 heteroatoms. The molecule has 0 atom stereocenters. The Hall–Kier alpha value is -1.13. The predicted octanol–water partition coefficient (Wildman–Crippen LogP) is 2.82. The van der Waals surface area contributed by atoms with Gasteiger partial charge in [-0.2, -0.15) is 0 Å². The van der Waals surface area contributed by atoms with E-state index in [2.05, 4.69) is 6.92 Å². The van der Waals surface area contributed by atoms with Crippen LogP contribution in [0.2, 0.25) is 0 Å². The molecule has 0 fully saturated rings. The number of nitrogens with two attached hydrogens (primary N) is 1. The molecular formula is C14H21NO2S. The van der Waals surface area contributed by atoms with Crippen LogP contribution in [0.4, 0.5) is 0 Å². The molecule has 100 valence electrons. The van der Waals surface area contributed by atoms with Crippen molar-refractivity contribution in [3.63, 3.8) is 0 Å². The molecule has 0 aliphatic heterocycles. The summed E-state index contributed by atoms with van der Waals surface area (Å²) in [6, 6.07) is 5.81. The lowest BCUT2D eigenvalue weighted by molar-refractivity contribution is 0.0980. The van der Waals surface area contributed by atoms with Gasteiger partial charge in [0.15, 0.2) is 0 Å². The van der Waals surface area contributed by atoms with Gasteiger partial charge in [-0.15, -0.1) is 0 Å². The minimum absolute atomic E-state index is 0.358. The zero-order valence-electron chi connectivity index (χ0n) is 11.1. The highest BCUT2D eigenvalue weighted by atomic mass is 32.1. The maximum atomic E-state index is 5.67. The van der Waals surface area contributed by atoms with Gasteiger partial charge in [0.2, 0.25) is 0 Å².